The maximum absolute atomic E-state index is 12.4. The van der Waals surface area contributed by atoms with Crippen LogP contribution in [-0.2, 0) is 4.74 Å². The van der Waals surface area contributed by atoms with E-state index in [0.717, 1.165) is 17.3 Å². The molecule has 104 valence electrons. The zero-order valence-electron chi connectivity index (χ0n) is 11.1. The normalized spacial score (nSPS) is 23.4. The molecule has 0 aliphatic carbocycles. The van der Waals surface area contributed by atoms with Gasteiger partial charge in [-0.2, -0.15) is 0 Å². The minimum absolute atomic E-state index is 0.00377. The molecule has 19 heavy (non-hydrogen) atoms. The van der Waals surface area contributed by atoms with Gasteiger partial charge >= 0.3 is 0 Å². The smallest absolute Gasteiger partial charge is 0.257 e. The lowest BCUT2D eigenvalue weighted by Gasteiger charge is -2.39. The summed E-state index contributed by atoms with van der Waals surface area (Å²) in [5.74, 6) is -0.142. The molecule has 1 N–H and O–H groups in total. The van der Waals surface area contributed by atoms with Crippen LogP contribution >= 0.6 is 15.9 Å². The summed E-state index contributed by atoms with van der Waals surface area (Å²) in [7, 11) is 1.67. The largest absolute Gasteiger partial charge is 0.507 e. The van der Waals surface area contributed by atoms with Crippen LogP contribution < -0.4 is 0 Å². The number of aromatic hydroxyl groups is 1. The average Bonchev–Trinajstić information content (AvgIpc) is 2.38. The number of piperidine rings is 1. The zero-order chi connectivity index (χ0) is 14.0. The Morgan fingerprint density at radius 1 is 1.53 bits per heavy atom. The van der Waals surface area contributed by atoms with Crippen LogP contribution in [0.1, 0.15) is 30.1 Å². The monoisotopic (exact) mass is 327 g/mol. The van der Waals surface area contributed by atoms with Crippen molar-refractivity contribution >= 4 is 21.8 Å². The van der Waals surface area contributed by atoms with Gasteiger partial charge in [0.15, 0.2) is 0 Å². The first-order chi connectivity index (χ1) is 8.95. The number of carbonyl (C=O) groups is 1. The Balaban J connectivity index is 2.19. The molecular weight excluding hydrogens is 310 g/mol. The van der Waals surface area contributed by atoms with E-state index in [0.29, 0.717) is 18.7 Å². The highest BCUT2D eigenvalue weighted by Gasteiger charge is 2.33. The van der Waals surface area contributed by atoms with Gasteiger partial charge in [-0.1, -0.05) is 15.9 Å². The number of halogens is 1. The number of hydrogen-bond donors (Lipinski definition) is 1. The van der Waals surface area contributed by atoms with E-state index in [2.05, 4.69) is 15.9 Å². The van der Waals surface area contributed by atoms with Gasteiger partial charge in [0.05, 0.1) is 11.2 Å². The number of hydrogen-bond acceptors (Lipinski definition) is 3. The lowest BCUT2D eigenvalue weighted by molar-refractivity contribution is -0.0440. The van der Waals surface area contributed by atoms with E-state index in [9.17, 15) is 9.90 Å². The van der Waals surface area contributed by atoms with Gasteiger partial charge in [-0.3, -0.25) is 4.79 Å². The van der Waals surface area contributed by atoms with Crippen LogP contribution in [0.4, 0.5) is 0 Å². The number of carbonyl (C=O) groups excluding carboxylic acids is 1. The molecule has 1 heterocycles. The number of phenols is 1. The number of rotatable bonds is 2. The van der Waals surface area contributed by atoms with Gasteiger partial charge in [0.25, 0.3) is 5.91 Å². The number of methoxy groups -OCH3 is 1. The highest BCUT2D eigenvalue weighted by molar-refractivity contribution is 9.10. The lowest BCUT2D eigenvalue weighted by atomic mass is 9.94. The number of phenolic OH excluding ortho intramolecular Hbond substituents is 1. The lowest BCUT2D eigenvalue weighted by Crippen LogP contribution is -2.49. The fourth-order valence-electron chi connectivity index (χ4n) is 2.40. The Hall–Kier alpha value is -1.07. The number of likely N-dealkylation sites (tertiary alicyclic amines) is 1. The van der Waals surface area contributed by atoms with Crippen molar-refractivity contribution in [3.05, 3.63) is 28.2 Å². The van der Waals surface area contributed by atoms with Crippen LogP contribution in [0, 0.1) is 0 Å². The van der Waals surface area contributed by atoms with Crippen LogP contribution in [-0.4, -0.2) is 41.7 Å². The predicted octanol–water partition coefficient (Wildman–Crippen LogP) is 2.80. The van der Waals surface area contributed by atoms with Crippen LogP contribution in [0.5, 0.6) is 5.75 Å². The Labute approximate surface area is 121 Å². The van der Waals surface area contributed by atoms with Crippen molar-refractivity contribution in [3.63, 3.8) is 0 Å². The summed E-state index contributed by atoms with van der Waals surface area (Å²) in [6.07, 6.45) is 1.85. The second-order valence-electron chi connectivity index (χ2n) is 5.15. The van der Waals surface area contributed by atoms with E-state index in [4.69, 9.17) is 4.74 Å². The SMILES string of the molecule is COC1(C)CCCN(C(=O)c2ccc(Br)cc2O)C1. The van der Waals surface area contributed by atoms with Crippen molar-refractivity contribution in [1.29, 1.82) is 0 Å². The predicted molar refractivity (Wildman–Crippen MR) is 76.4 cm³/mol. The molecule has 0 radical (unpaired) electrons. The third-order valence-corrected chi connectivity index (χ3v) is 4.12. The fourth-order valence-corrected chi connectivity index (χ4v) is 2.75. The van der Waals surface area contributed by atoms with E-state index in [1.165, 1.54) is 6.07 Å². The zero-order valence-corrected chi connectivity index (χ0v) is 12.7. The van der Waals surface area contributed by atoms with E-state index in [1.807, 2.05) is 6.92 Å². The minimum atomic E-state index is -0.293. The third-order valence-electron chi connectivity index (χ3n) is 3.63. The summed E-state index contributed by atoms with van der Waals surface area (Å²) >= 11 is 3.27. The summed E-state index contributed by atoms with van der Waals surface area (Å²) in [6.45, 7) is 3.26. The molecule has 1 aromatic rings. The van der Waals surface area contributed by atoms with Gasteiger partial charge < -0.3 is 14.7 Å². The Morgan fingerprint density at radius 3 is 2.89 bits per heavy atom. The molecule has 0 spiro atoms. The average molecular weight is 328 g/mol. The van der Waals surface area contributed by atoms with Gasteiger partial charge in [-0.05, 0) is 38.0 Å². The first-order valence-electron chi connectivity index (χ1n) is 6.28. The van der Waals surface area contributed by atoms with Gasteiger partial charge in [0.1, 0.15) is 5.75 Å². The molecule has 1 aliphatic heterocycles. The Bertz CT molecular complexity index is 492. The minimum Gasteiger partial charge on any atom is -0.507 e. The van der Waals surface area contributed by atoms with Crippen molar-refractivity contribution in [2.45, 2.75) is 25.4 Å². The molecule has 0 bridgehead atoms. The topological polar surface area (TPSA) is 49.8 Å². The van der Waals surface area contributed by atoms with Crippen LogP contribution in [0.3, 0.4) is 0 Å². The quantitative estimate of drug-likeness (QED) is 0.908. The van der Waals surface area contributed by atoms with Crippen LogP contribution in [0.15, 0.2) is 22.7 Å². The maximum atomic E-state index is 12.4. The summed E-state index contributed by atoms with van der Waals surface area (Å²) in [6, 6.07) is 4.93. The fraction of sp³-hybridized carbons (Fsp3) is 0.500. The molecule has 1 aliphatic rings. The molecule has 1 amide bonds. The molecule has 5 heteroatoms. The Morgan fingerprint density at radius 2 is 2.26 bits per heavy atom. The van der Waals surface area contributed by atoms with Crippen LogP contribution in [0.25, 0.3) is 0 Å². The molecule has 1 unspecified atom stereocenters. The van der Waals surface area contributed by atoms with Crippen molar-refractivity contribution in [3.8, 4) is 5.75 Å². The number of amides is 1. The highest BCUT2D eigenvalue weighted by atomic mass is 79.9. The van der Waals surface area contributed by atoms with E-state index >= 15 is 0 Å². The van der Waals surface area contributed by atoms with E-state index < -0.39 is 0 Å². The molecule has 1 saturated heterocycles. The second kappa shape index (κ2) is 5.51. The molecule has 1 fully saturated rings. The van der Waals surface area contributed by atoms with Gasteiger partial charge in [0.2, 0.25) is 0 Å². The molecule has 1 aromatic carbocycles. The second-order valence-corrected chi connectivity index (χ2v) is 6.06. The summed E-state index contributed by atoms with van der Waals surface area (Å²) in [5.41, 5.74) is 0.0439. The molecule has 1 atom stereocenters. The summed E-state index contributed by atoms with van der Waals surface area (Å²) < 4.78 is 6.23. The molecular formula is C14H18BrNO3. The number of ether oxygens (including phenoxy) is 1. The van der Waals surface area contributed by atoms with Crippen molar-refractivity contribution in [1.82, 2.24) is 4.90 Å². The van der Waals surface area contributed by atoms with Gasteiger partial charge in [-0.15, -0.1) is 0 Å². The van der Waals surface area contributed by atoms with Gasteiger partial charge in [-0.25, -0.2) is 0 Å². The van der Waals surface area contributed by atoms with Crippen molar-refractivity contribution < 1.29 is 14.6 Å². The van der Waals surface area contributed by atoms with Gasteiger partial charge in [0, 0.05) is 24.7 Å². The van der Waals surface area contributed by atoms with Crippen molar-refractivity contribution in [2.24, 2.45) is 0 Å². The third kappa shape index (κ3) is 3.09. The van der Waals surface area contributed by atoms with E-state index in [1.54, 1.807) is 24.1 Å². The standard InChI is InChI=1S/C14H18BrNO3/c1-14(19-2)6-3-7-16(9-14)13(18)11-5-4-10(15)8-12(11)17/h4-5,8,17H,3,6-7,9H2,1-2H3. The first kappa shape index (κ1) is 14.3. The first-order valence-corrected chi connectivity index (χ1v) is 7.07. The molecule has 0 aromatic heterocycles. The summed E-state index contributed by atoms with van der Waals surface area (Å²) in [4.78, 5) is 14.2. The number of nitrogens with zero attached hydrogens (tertiary/aromatic N) is 1. The molecule has 0 saturated carbocycles. The molecule has 4 nitrogen and oxygen atoms in total. The number of benzene rings is 1. The Kier molecular flexibility index (Phi) is 4.16. The van der Waals surface area contributed by atoms with Crippen molar-refractivity contribution in [2.75, 3.05) is 20.2 Å². The maximum Gasteiger partial charge on any atom is 0.257 e. The van der Waals surface area contributed by atoms with E-state index in [-0.39, 0.29) is 17.3 Å². The summed E-state index contributed by atoms with van der Waals surface area (Å²) in [5, 5.41) is 9.87. The van der Waals surface area contributed by atoms with Crippen LogP contribution in [0.2, 0.25) is 0 Å². The molecule has 2 rings (SSSR count). The highest BCUT2D eigenvalue weighted by Crippen LogP contribution is 2.28.